The third-order valence-corrected chi connectivity index (χ3v) is 5.14. The van der Waals surface area contributed by atoms with E-state index >= 15 is 0 Å². The fourth-order valence-electron chi connectivity index (χ4n) is 3.75. The molecule has 2 aromatic rings. The molecule has 1 fully saturated rings. The second-order valence-electron chi connectivity index (χ2n) is 6.91. The maximum atomic E-state index is 13.0. The Morgan fingerprint density at radius 3 is 2.62 bits per heavy atom. The minimum Gasteiger partial charge on any atom is -0.503 e. The van der Waals surface area contributed by atoms with Gasteiger partial charge in [-0.1, -0.05) is 0 Å². The van der Waals surface area contributed by atoms with Crippen LogP contribution in [0, 0.1) is 10.1 Å². The van der Waals surface area contributed by atoms with Crippen LogP contribution in [0.3, 0.4) is 0 Å². The maximum Gasteiger partial charge on any atom is 0.290 e. The van der Waals surface area contributed by atoms with Gasteiger partial charge in [-0.05, 0) is 42.7 Å². The van der Waals surface area contributed by atoms with E-state index in [9.17, 15) is 24.8 Å². The Hall–Kier alpha value is -3.46. The van der Waals surface area contributed by atoms with Gasteiger partial charge in [0.2, 0.25) is 5.78 Å². The van der Waals surface area contributed by atoms with Crippen LogP contribution in [-0.2, 0) is 9.53 Å². The Bertz CT molecular complexity index is 973. The highest BCUT2D eigenvalue weighted by molar-refractivity contribution is 6.15. The van der Waals surface area contributed by atoms with Crippen LogP contribution < -0.4 is 0 Å². The van der Waals surface area contributed by atoms with Crippen molar-refractivity contribution < 1.29 is 28.8 Å². The van der Waals surface area contributed by atoms with Gasteiger partial charge in [-0.2, -0.15) is 0 Å². The lowest BCUT2D eigenvalue weighted by Crippen LogP contribution is -2.37. The van der Waals surface area contributed by atoms with Crippen molar-refractivity contribution in [1.82, 2.24) is 4.90 Å². The average Bonchev–Trinajstić information content (AvgIpc) is 3.46. The molecule has 2 unspecified atom stereocenters. The predicted octanol–water partition coefficient (Wildman–Crippen LogP) is 2.95. The monoisotopic (exact) mass is 398 g/mol. The number of nitrogens with zero attached hydrogens (tertiary/aromatic N) is 2. The molecule has 0 saturated carbocycles. The first-order chi connectivity index (χ1) is 14.0. The van der Waals surface area contributed by atoms with Crippen molar-refractivity contribution >= 4 is 17.4 Å². The molecule has 1 aromatic carbocycles. The highest BCUT2D eigenvalue weighted by atomic mass is 16.6. The van der Waals surface area contributed by atoms with Crippen molar-refractivity contribution in [2.45, 2.75) is 25.0 Å². The molecule has 4 rings (SSSR count). The average molecular weight is 398 g/mol. The first kappa shape index (κ1) is 18.9. The molecule has 2 aliphatic heterocycles. The van der Waals surface area contributed by atoms with Crippen molar-refractivity contribution in [3.8, 4) is 0 Å². The van der Waals surface area contributed by atoms with E-state index in [1.54, 1.807) is 0 Å². The van der Waals surface area contributed by atoms with Crippen LogP contribution in [0.25, 0.3) is 0 Å². The topological polar surface area (TPSA) is 123 Å². The van der Waals surface area contributed by atoms with Crippen molar-refractivity contribution in [3.05, 3.63) is 75.4 Å². The van der Waals surface area contributed by atoms with Crippen LogP contribution in [0.1, 0.15) is 35.0 Å². The van der Waals surface area contributed by atoms with Gasteiger partial charge < -0.3 is 19.2 Å². The Balaban J connectivity index is 1.75. The van der Waals surface area contributed by atoms with Crippen LogP contribution in [0.4, 0.5) is 5.69 Å². The van der Waals surface area contributed by atoms with E-state index in [0.29, 0.717) is 12.2 Å². The molecule has 2 atom stereocenters. The van der Waals surface area contributed by atoms with Gasteiger partial charge in [0.05, 0.1) is 28.9 Å². The van der Waals surface area contributed by atoms with Crippen LogP contribution in [0.15, 0.2) is 58.4 Å². The number of nitro groups is 1. The molecule has 1 N–H and O–H groups in total. The van der Waals surface area contributed by atoms with Crippen LogP contribution in [-0.4, -0.2) is 45.9 Å². The van der Waals surface area contributed by atoms with E-state index in [1.807, 2.05) is 0 Å². The molecule has 1 aromatic heterocycles. The van der Waals surface area contributed by atoms with E-state index < -0.39 is 28.4 Å². The zero-order valence-corrected chi connectivity index (χ0v) is 15.3. The van der Waals surface area contributed by atoms with Crippen LogP contribution in [0.5, 0.6) is 0 Å². The number of nitro benzene ring substituents is 1. The molecule has 9 nitrogen and oxygen atoms in total. The number of hydrogen-bond acceptors (Lipinski definition) is 7. The fraction of sp³-hybridized carbons (Fsp3) is 0.300. The molecule has 3 heterocycles. The number of ether oxygens (including phenoxy) is 1. The number of non-ortho nitro benzene ring substituents is 1. The second kappa shape index (κ2) is 7.51. The molecular weight excluding hydrogens is 380 g/mol. The van der Waals surface area contributed by atoms with Gasteiger partial charge in [0.1, 0.15) is 0 Å². The predicted molar refractivity (Wildman–Crippen MR) is 99.2 cm³/mol. The zero-order chi connectivity index (χ0) is 20.5. The van der Waals surface area contributed by atoms with Gasteiger partial charge in [0.15, 0.2) is 11.5 Å². The second-order valence-corrected chi connectivity index (χ2v) is 6.91. The summed E-state index contributed by atoms with van der Waals surface area (Å²) in [4.78, 5) is 37.6. The Morgan fingerprint density at radius 2 is 2.03 bits per heavy atom. The maximum absolute atomic E-state index is 13.0. The Kier molecular flexibility index (Phi) is 4.89. The molecule has 0 bridgehead atoms. The summed E-state index contributed by atoms with van der Waals surface area (Å²) >= 11 is 0. The Labute approximate surface area is 165 Å². The molecule has 150 valence electrons. The van der Waals surface area contributed by atoms with Crippen LogP contribution >= 0.6 is 0 Å². The smallest absolute Gasteiger partial charge is 0.290 e. The van der Waals surface area contributed by atoms with Crippen molar-refractivity contribution in [1.29, 1.82) is 0 Å². The minimum atomic E-state index is -0.898. The molecule has 1 amide bonds. The van der Waals surface area contributed by atoms with E-state index in [1.165, 1.54) is 47.6 Å². The molecule has 1 saturated heterocycles. The van der Waals surface area contributed by atoms with E-state index in [0.717, 1.165) is 12.8 Å². The fourth-order valence-corrected chi connectivity index (χ4v) is 3.75. The summed E-state index contributed by atoms with van der Waals surface area (Å²) in [5.74, 6) is -1.95. The summed E-state index contributed by atoms with van der Waals surface area (Å²) in [6.07, 6.45) is 2.75. The van der Waals surface area contributed by atoms with E-state index in [2.05, 4.69) is 0 Å². The summed E-state index contributed by atoms with van der Waals surface area (Å²) in [6, 6.07) is 7.64. The first-order valence-electron chi connectivity index (χ1n) is 9.15. The number of rotatable bonds is 6. The van der Waals surface area contributed by atoms with E-state index in [-0.39, 0.29) is 29.7 Å². The number of hydrogen-bond donors (Lipinski definition) is 1. The van der Waals surface area contributed by atoms with Gasteiger partial charge in [-0.3, -0.25) is 19.7 Å². The van der Waals surface area contributed by atoms with Gasteiger partial charge in [-0.15, -0.1) is 0 Å². The van der Waals surface area contributed by atoms with Gasteiger partial charge >= 0.3 is 0 Å². The van der Waals surface area contributed by atoms with Crippen molar-refractivity contribution in [2.24, 2.45) is 0 Å². The van der Waals surface area contributed by atoms with Gasteiger partial charge in [0, 0.05) is 25.3 Å². The summed E-state index contributed by atoms with van der Waals surface area (Å²) in [6.45, 7) is 0.784. The number of aliphatic hydroxyl groups excluding tert-OH is 1. The number of aliphatic hydroxyl groups is 1. The molecule has 0 aliphatic carbocycles. The van der Waals surface area contributed by atoms with Crippen molar-refractivity contribution in [2.75, 3.05) is 13.2 Å². The lowest BCUT2D eigenvalue weighted by molar-refractivity contribution is -0.384. The summed E-state index contributed by atoms with van der Waals surface area (Å²) in [5.41, 5.74) is 0.244. The number of furan rings is 1. The van der Waals surface area contributed by atoms with Gasteiger partial charge in [-0.25, -0.2) is 0 Å². The summed E-state index contributed by atoms with van der Waals surface area (Å²) < 4.78 is 10.8. The molecule has 29 heavy (non-hydrogen) atoms. The standard InChI is InChI=1S/C20H18N2O7/c23-18(15-4-2-10-29-15)16-17(12-5-7-13(8-6-12)22(26)27)21(20(25)19(16)24)11-14-3-1-9-28-14/h2,4-8,10,14,17,24H,1,3,9,11H2. The normalized spacial score (nSPS) is 21.8. The number of carbonyl (C=O) groups excluding carboxylic acids is 2. The van der Waals surface area contributed by atoms with Crippen LogP contribution in [0.2, 0.25) is 0 Å². The summed E-state index contributed by atoms with van der Waals surface area (Å²) in [7, 11) is 0. The third kappa shape index (κ3) is 3.40. The highest BCUT2D eigenvalue weighted by Crippen LogP contribution is 2.40. The van der Waals surface area contributed by atoms with Gasteiger partial charge in [0.25, 0.3) is 11.6 Å². The van der Waals surface area contributed by atoms with Crippen molar-refractivity contribution in [3.63, 3.8) is 0 Å². The lowest BCUT2D eigenvalue weighted by Gasteiger charge is -2.28. The molecule has 0 radical (unpaired) electrons. The molecular formula is C20H18N2O7. The third-order valence-electron chi connectivity index (χ3n) is 5.14. The quantitative estimate of drug-likeness (QED) is 0.451. The zero-order valence-electron chi connectivity index (χ0n) is 15.3. The SMILES string of the molecule is O=C(C1=C(O)C(=O)N(CC2CCCO2)C1c1ccc([N+](=O)[O-])cc1)c1ccco1. The minimum absolute atomic E-state index is 0.00905. The molecule has 2 aliphatic rings. The largest absolute Gasteiger partial charge is 0.503 e. The number of carbonyl (C=O) groups is 2. The Morgan fingerprint density at radius 1 is 1.28 bits per heavy atom. The molecule has 9 heteroatoms. The molecule has 0 spiro atoms. The summed E-state index contributed by atoms with van der Waals surface area (Å²) in [5, 5.41) is 21.5. The highest BCUT2D eigenvalue weighted by Gasteiger charge is 2.45. The number of benzene rings is 1. The lowest BCUT2D eigenvalue weighted by atomic mass is 9.94. The van der Waals surface area contributed by atoms with E-state index in [4.69, 9.17) is 9.15 Å². The first-order valence-corrected chi connectivity index (χ1v) is 9.15. The number of Topliss-reactive ketones (excluding diaryl/α,β-unsaturated/α-hetero) is 1. The number of ketones is 1. The number of amides is 1.